The summed E-state index contributed by atoms with van der Waals surface area (Å²) in [6, 6.07) is 12.7. The third kappa shape index (κ3) is 4.91. The van der Waals surface area contributed by atoms with E-state index in [4.69, 9.17) is 14.2 Å². The number of hydrogen-bond donors (Lipinski definition) is 2. The van der Waals surface area contributed by atoms with Crippen molar-refractivity contribution in [3.8, 4) is 17.2 Å². The Morgan fingerprint density at radius 3 is 2.77 bits per heavy atom. The van der Waals surface area contributed by atoms with Crippen molar-refractivity contribution in [1.82, 2.24) is 4.90 Å². The SMILES string of the molecule is COc1ccccc1OCC(=O)N1CC[C@@H](Oc2ccc3c(c2)NC(=O)CC3)[C@H](O)C1. The van der Waals surface area contributed by atoms with Gasteiger partial charge in [0.05, 0.1) is 13.7 Å². The van der Waals surface area contributed by atoms with Gasteiger partial charge in [-0.3, -0.25) is 9.59 Å². The van der Waals surface area contributed by atoms with Crippen LogP contribution in [0.15, 0.2) is 42.5 Å². The zero-order valence-corrected chi connectivity index (χ0v) is 17.4. The van der Waals surface area contributed by atoms with Crippen LogP contribution in [0, 0.1) is 0 Å². The molecule has 2 aliphatic rings. The molecule has 1 fully saturated rings. The summed E-state index contributed by atoms with van der Waals surface area (Å²) in [5, 5.41) is 13.4. The number of likely N-dealkylation sites (tertiary alicyclic amines) is 1. The number of para-hydroxylation sites is 2. The van der Waals surface area contributed by atoms with Crippen molar-refractivity contribution in [2.24, 2.45) is 0 Å². The van der Waals surface area contributed by atoms with E-state index in [2.05, 4.69) is 5.32 Å². The number of hydrogen-bond acceptors (Lipinski definition) is 6. The minimum atomic E-state index is -0.824. The van der Waals surface area contributed by atoms with Crippen LogP contribution in [0.3, 0.4) is 0 Å². The maximum atomic E-state index is 12.5. The number of β-amino-alcohol motifs (C(OH)–C–C–N with tert-alkyl or cyclic N) is 1. The van der Waals surface area contributed by atoms with Crippen molar-refractivity contribution >= 4 is 17.5 Å². The number of carbonyl (C=O) groups excluding carboxylic acids is 2. The predicted octanol–water partition coefficient (Wildman–Crippen LogP) is 2.00. The van der Waals surface area contributed by atoms with Crippen LogP contribution in [-0.4, -0.2) is 60.8 Å². The van der Waals surface area contributed by atoms with E-state index in [9.17, 15) is 14.7 Å². The largest absolute Gasteiger partial charge is 0.493 e. The number of rotatable bonds is 6. The second-order valence-corrected chi connectivity index (χ2v) is 7.66. The molecule has 0 saturated carbocycles. The van der Waals surface area contributed by atoms with Crippen LogP contribution >= 0.6 is 0 Å². The summed E-state index contributed by atoms with van der Waals surface area (Å²) in [5.41, 5.74) is 1.83. The first kappa shape index (κ1) is 21.0. The molecular weight excluding hydrogens is 400 g/mol. The predicted molar refractivity (Wildman–Crippen MR) is 114 cm³/mol. The Kier molecular flexibility index (Phi) is 6.27. The standard InChI is InChI=1S/C23H26N2O6/c1-29-20-4-2-3-5-21(20)30-14-23(28)25-11-10-19(18(26)13-25)31-16-8-6-15-7-9-22(27)24-17(15)12-16/h2-6,8,12,18-19,26H,7,9-11,13-14H2,1H3,(H,24,27)/t18-,19-/m1/s1. The molecule has 0 spiro atoms. The molecule has 8 nitrogen and oxygen atoms in total. The summed E-state index contributed by atoms with van der Waals surface area (Å²) in [6.07, 6.45) is 0.428. The van der Waals surface area contributed by atoms with Gasteiger partial charge in [-0.2, -0.15) is 0 Å². The number of fused-ring (bicyclic) bond motifs is 1. The lowest BCUT2D eigenvalue weighted by Crippen LogP contribution is -2.52. The van der Waals surface area contributed by atoms with Crippen molar-refractivity contribution in [1.29, 1.82) is 0 Å². The van der Waals surface area contributed by atoms with Crippen LogP contribution in [0.2, 0.25) is 0 Å². The van der Waals surface area contributed by atoms with Crippen LogP contribution in [0.1, 0.15) is 18.4 Å². The molecule has 2 amide bonds. The normalized spacial score (nSPS) is 20.5. The minimum Gasteiger partial charge on any atom is -0.493 e. The Balaban J connectivity index is 1.31. The number of aliphatic hydroxyl groups is 1. The highest BCUT2D eigenvalue weighted by atomic mass is 16.5. The highest BCUT2D eigenvalue weighted by Crippen LogP contribution is 2.29. The van der Waals surface area contributed by atoms with Gasteiger partial charge in [-0.25, -0.2) is 0 Å². The Bertz CT molecular complexity index is 963. The second-order valence-electron chi connectivity index (χ2n) is 7.66. The van der Waals surface area contributed by atoms with Crippen molar-refractivity contribution in [3.05, 3.63) is 48.0 Å². The number of aryl methyl sites for hydroxylation is 1. The van der Waals surface area contributed by atoms with Gasteiger partial charge >= 0.3 is 0 Å². The Morgan fingerprint density at radius 1 is 1.19 bits per heavy atom. The molecule has 2 aromatic carbocycles. The van der Waals surface area contributed by atoms with E-state index in [-0.39, 0.29) is 25.0 Å². The van der Waals surface area contributed by atoms with E-state index in [0.29, 0.717) is 43.1 Å². The van der Waals surface area contributed by atoms with Gasteiger partial charge in [0.25, 0.3) is 5.91 Å². The van der Waals surface area contributed by atoms with E-state index in [1.54, 1.807) is 36.3 Å². The number of nitrogens with one attached hydrogen (secondary N) is 1. The number of amides is 2. The average Bonchev–Trinajstić information content (AvgIpc) is 2.78. The molecule has 2 aliphatic heterocycles. The first-order chi connectivity index (χ1) is 15.0. The number of nitrogens with zero attached hydrogens (tertiary/aromatic N) is 1. The summed E-state index contributed by atoms with van der Waals surface area (Å²) in [4.78, 5) is 25.7. The van der Waals surface area contributed by atoms with Crippen LogP contribution < -0.4 is 19.5 Å². The maximum absolute atomic E-state index is 12.5. The van der Waals surface area contributed by atoms with Gasteiger partial charge in [-0.15, -0.1) is 0 Å². The third-order valence-corrected chi connectivity index (χ3v) is 5.56. The first-order valence-electron chi connectivity index (χ1n) is 10.3. The highest BCUT2D eigenvalue weighted by Gasteiger charge is 2.32. The van der Waals surface area contributed by atoms with E-state index >= 15 is 0 Å². The van der Waals surface area contributed by atoms with Crippen molar-refractivity contribution in [3.63, 3.8) is 0 Å². The Labute approximate surface area is 180 Å². The summed E-state index contributed by atoms with van der Waals surface area (Å²) in [5.74, 6) is 1.43. The number of aliphatic hydroxyl groups excluding tert-OH is 1. The van der Waals surface area contributed by atoms with E-state index in [0.717, 1.165) is 11.3 Å². The quantitative estimate of drug-likeness (QED) is 0.733. The zero-order valence-electron chi connectivity index (χ0n) is 17.4. The first-order valence-corrected chi connectivity index (χ1v) is 10.3. The van der Waals surface area contributed by atoms with Gasteiger partial charge in [-0.1, -0.05) is 18.2 Å². The van der Waals surface area contributed by atoms with Crippen molar-refractivity contribution in [2.45, 2.75) is 31.5 Å². The molecule has 8 heteroatoms. The molecule has 0 aliphatic carbocycles. The van der Waals surface area contributed by atoms with Gasteiger partial charge in [0.2, 0.25) is 5.91 Å². The fourth-order valence-corrected chi connectivity index (χ4v) is 3.84. The molecule has 2 heterocycles. The van der Waals surface area contributed by atoms with Gasteiger partial charge in [0.1, 0.15) is 18.0 Å². The molecule has 2 N–H and O–H groups in total. The zero-order chi connectivity index (χ0) is 21.8. The molecule has 0 bridgehead atoms. The highest BCUT2D eigenvalue weighted by molar-refractivity contribution is 5.94. The Hall–Kier alpha value is -3.26. The summed E-state index contributed by atoms with van der Waals surface area (Å²) in [7, 11) is 1.54. The topological polar surface area (TPSA) is 97.3 Å². The maximum Gasteiger partial charge on any atom is 0.260 e. The molecule has 1 saturated heterocycles. The van der Waals surface area contributed by atoms with E-state index < -0.39 is 12.2 Å². The molecule has 0 aromatic heterocycles. The van der Waals surface area contributed by atoms with Crippen LogP contribution in [0.25, 0.3) is 0 Å². The van der Waals surface area contributed by atoms with Crippen molar-refractivity contribution < 1.29 is 28.9 Å². The molecule has 4 rings (SSSR count). The van der Waals surface area contributed by atoms with Gasteiger partial charge in [0.15, 0.2) is 18.1 Å². The molecule has 0 unspecified atom stereocenters. The number of anilines is 1. The summed E-state index contributed by atoms with van der Waals surface area (Å²) in [6.45, 7) is 0.487. The summed E-state index contributed by atoms with van der Waals surface area (Å²) >= 11 is 0. The molecule has 164 valence electrons. The lowest BCUT2D eigenvalue weighted by Gasteiger charge is -2.36. The molecule has 2 atom stereocenters. The van der Waals surface area contributed by atoms with Gasteiger partial charge in [-0.05, 0) is 30.2 Å². The fraction of sp³-hybridized carbons (Fsp3) is 0.391. The second kappa shape index (κ2) is 9.26. The molecule has 31 heavy (non-hydrogen) atoms. The number of piperidine rings is 1. The fourth-order valence-electron chi connectivity index (χ4n) is 3.84. The lowest BCUT2D eigenvalue weighted by atomic mass is 10.0. The third-order valence-electron chi connectivity index (χ3n) is 5.56. The van der Waals surface area contributed by atoms with E-state index in [1.807, 2.05) is 18.2 Å². The number of benzene rings is 2. The van der Waals surface area contributed by atoms with Crippen molar-refractivity contribution in [2.75, 3.05) is 32.1 Å². The molecule has 2 aromatic rings. The summed E-state index contributed by atoms with van der Waals surface area (Å²) < 4.78 is 16.8. The smallest absolute Gasteiger partial charge is 0.260 e. The van der Waals surface area contributed by atoms with Gasteiger partial charge < -0.3 is 29.5 Å². The van der Waals surface area contributed by atoms with Gasteiger partial charge in [0, 0.05) is 31.1 Å². The molecular formula is C23H26N2O6. The monoisotopic (exact) mass is 426 g/mol. The average molecular weight is 426 g/mol. The van der Waals surface area contributed by atoms with Crippen LogP contribution in [0.5, 0.6) is 17.2 Å². The van der Waals surface area contributed by atoms with Crippen LogP contribution in [-0.2, 0) is 16.0 Å². The van der Waals surface area contributed by atoms with Crippen LogP contribution in [0.4, 0.5) is 5.69 Å². The number of ether oxygens (including phenoxy) is 3. The molecule has 0 radical (unpaired) electrons. The lowest BCUT2D eigenvalue weighted by molar-refractivity contribution is -0.139. The van der Waals surface area contributed by atoms with E-state index in [1.165, 1.54) is 0 Å². The minimum absolute atomic E-state index is 0.00755. The number of methoxy groups -OCH3 is 1. The number of carbonyl (C=O) groups is 2. The Morgan fingerprint density at radius 2 is 2.00 bits per heavy atom.